The maximum Gasteiger partial charge on any atom is 0.231 e. The first-order chi connectivity index (χ1) is 10.1. The number of halogens is 1. The van der Waals surface area contributed by atoms with E-state index in [0.29, 0.717) is 12.6 Å². The van der Waals surface area contributed by atoms with Crippen molar-refractivity contribution in [3.63, 3.8) is 0 Å². The Morgan fingerprint density at radius 2 is 2.19 bits per heavy atom. The number of carbonyl (C=O) groups is 1. The van der Waals surface area contributed by atoms with Gasteiger partial charge < -0.3 is 15.8 Å². The molecule has 1 aliphatic rings. The number of piperidine rings is 1. The van der Waals surface area contributed by atoms with E-state index in [1.165, 1.54) is 5.56 Å². The number of primary amides is 1. The number of ether oxygens (including phenoxy) is 1. The molecule has 3 N–H and O–H groups in total. The average Bonchev–Trinajstić information content (AvgIpc) is 2.47. The van der Waals surface area contributed by atoms with Crippen molar-refractivity contribution < 1.29 is 9.53 Å². The fourth-order valence-electron chi connectivity index (χ4n) is 2.58. The Balaban J connectivity index is 1.81. The van der Waals surface area contributed by atoms with E-state index in [2.05, 4.69) is 26.1 Å². The molecular weight excluding hydrogens is 334 g/mol. The fourth-order valence-corrected chi connectivity index (χ4v) is 2.97. The third kappa shape index (κ3) is 4.98. The molecule has 1 aliphatic heterocycles. The molecule has 1 amide bonds. The highest BCUT2D eigenvalue weighted by molar-refractivity contribution is 9.10. The Morgan fingerprint density at radius 1 is 1.48 bits per heavy atom. The predicted molar refractivity (Wildman–Crippen MR) is 86.2 cm³/mol. The van der Waals surface area contributed by atoms with Crippen molar-refractivity contribution in [3.05, 3.63) is 28.2 Å². The van der Waals surface area contributed by atoms with Gasteiger partial charge in [0.1, 0.15) is 5.75 Å². The number of nitrogens with zero attached hydrogens (tertiary/aromatic N) is 1. The van der Waals surface area contributed by atoms with Gasteiger partial charge in [-0.3, -0.25) is 9.69 Å². The monoisotopic (exact) mass is 355 g/mol. The van der Waals surface area contributed by atoms with Crippen LogP contribution in [-0.4, -0.2) is 43.6 Å². The second kappa shape index (κ2) is 7.77. The van der Waals surface area contributed by atoms with Gasteiger partial charge >= 0.3 is 0 Å². The highest BCUT2D eigenvalue weighted by Gasteiger charge is 2.19. The van der Waals surface area contributed by atoms with Crippen LogP contribution in [0, 0.1) is 0 Å². The summed E-state index contributed by atoms with van der Waals surface area (Å²) in [6, 6.07) is 6.47. The van der Waals surface area contributed by atoms with Crippen LogP contribution in [0.1, 0.15) is 18.4 Å². The maximum atomic E-state index is 10.9. The van der Waals surface area contributed by atoms with Gasteiger partial charge in [-0.2, -0.15) is 0 Å². The molecule has 1 saturated heterocycles. The minimum Gasteiger partial charge on any atom is -0.497 e. The second-order valence-electron chi connectivity index (χ2n) is 5.35. The number of carbonyl (C=O) groups excluding carboxylic acids is 1. The Bertz CT molecular complexity index is 488. The van der Waals surface area contributed by atoms with Crippen molar-refractivity contribution in [2.24, 2.45) is 5.73 Å². The summed E-state index contributed by atoms with van der Waals surface area (Å²) in [4.78, 5) is 13.0. The number of likely N-dealkylation sites (tertiary alicyclic amines) is 1. The molecule has 0 saturated carbocycles. The van der Waals surface area contributed by atoms with E-state index in [1.807, 2.05) is 18.2 Å². The fraction of sp³-hybridized carbons (Fsp3) is 0.533. The summed E-state index contributed by atoms with van der Waals surface area (Å²) in [5, 5.41) is 3.58. The molecule has 0 radical (unpaired) electrons. The van der Waals surface area contributed by atoms with Crippen LogP contribution in [0.25, 0.3) is 0 Å². The lowest BCUT2D eigenvalue weighted by Crippen LogP contribution is -2.45. The molecule has 116 valence electrons. The topological polar surface area (TPSA) is 67.6 Å². The summed E-state index contributed by atoms with van der Waals surface area (Å²) >= 11 is 3.57. The second-order valence-corrected chi connectivity index (χ2v) is 6.21. The molecule has 1 aromatic carbocycles. The summed E-state index contributed by atoms with van der Waals surface area (Å²) in [7, 11) is 1.68. The zero-order valence-electron chi connectivity index (χ0n) is 12.3. The lowest BCUT2D eigenvalue weighted by Gasteiger charge is -2.31. The van der Waals surface area contributed by atoms with Gasteiger partial charge in [-0.1, -0.05) is 15.9 Å². The molecule has 0 bridgehead atoms. The molecule has 2 rings (SSSR count). The Kier molecular flexibility index (Phi) is 6.02. The van der Waals surface area contributed by atoms with Crippen LogP contribution in [0.2, 0.25) is 0 Å². The number of methoxy groups -OCH3 is 1. The van der Waals surface area contributed by atoms with E-state index in [1.54, 1.807) is 7.11 Å². The zero-order valence-corrected chi connectivity index (χ0v) is 13.9. The molecule has 1 aromatic rings. The van der Waals surface area contributed by atoms with Crippen LogP contribution in [-0.2, 0) is 11.3 Å². The standard InChI is InChI=1S/C15H22BrN3O2/c1-21-13-2-3-14(16)11(8-13)9-18-12-4-6-19(7-5-12)10-15(17)20/h2-3,8,12,18H,4-7,9-10H2,1H3,(H2,17,20). The zero-order chi connectivity index (χ0) is 15.2. The van der Waals surface area contributed by atoms with Gasteiger partial charge in [0, 0.05) is 30.1 Å². The van der Waals surface area contributed by atoms with Crippen LogP contribution in [0.5, 0.6) is 5.75 Å². The van der Waals surface area contributed by atoms with Crippen molar-refractivity contribution >= 4 is 21.8 Å². The van der Waals surface area contributed by atoms with Gasteiger partial charge in [0.25, 0.3) is 0 Å². The molecule has 0 atom stereocenters. The Hall–Kier alpha value is -1.11. The quantitative estimate of drug-likeness (QED) is 0.811. The number of nitrogens with two attached hydrogens (primary N) is 1. The Labute approximate surface area is 134 Å². The van der Waals surface area contributed by atoms with E-state index < -0.39 is 0 Å². The summed E-state index contributed by atoms with van der Waals surface area (Å²) in [5.74, 6) is 0.619. The van der Waals surface area contributed by atoms with E-state index in [4.69, 9.17) is 10.5 Å². The first kappa shape index (κ1) is 16.3. The number of benzene rings is 1. The van der Waals surface area contributed by atoms with Gasteiger partial charge in [-0.15, -0.1) is 0 Å². The molecule has 0 unspecified atom stereocenters. The summed E-state index contributed by atoms with van der Waals surface area (Å²) < 4.78 is 6.34. The van der Waals surface area contributed by atoms with E-state index in [-0.39, 0.29) is 5.91 Å². The molecule has 0 aliphatic carbocycles. The molecule has 21 heavy (non-hydrogen) atoms. The molecule has 0 spiro atoms. The lowest BCUT2D eigenvalue weighted by molar-refractivity contribution is -0.119. The molecule has 1 fully saturated rings. The first-order valence-corrected chi connectivity index (χ1v) is 7.94. The maximum absolute atomic E-state index is 10.9. The van der Waals surface area contributed by atoms with Crippen LogP contribution in [0.15, 0.2) is 22.7 Å². The SMILES string of the molecule is COc1ccc(Br)c(CNC2CCN(CC(N)=O)CC2)c1. The van der Waals surface area contributed by atoms with Crippen molar-refractivity contribution in [1.82, 2.24) is 10.2 Å². The number of rotatable bonds is 6. The average molecular weight is 356 g/mol. The van der Waals surface area contributed by atoms with Gasteiger partial charge in [0.2, 0.25) is 5.91 Å². The Morgan fingerprint density at radius 3 is 2.81 bits per heavy atom. The highest BCUT2D eigenvalue weighted by Crippen LogP contribution is 2.22. The van der Waals surface area contributed by atoms with Crippen molar-refractivity contribution in [3.8, 4) is 5.75 Å². The van der Waals surface area contributed by atoms with Crippen molar-refractivity contribution in [2.45, 2.75) is 25.4 Å². The van der Waals surface area contributed by atoms with Crippen LogP contribution in [0.3, 0.4) is 0 Å². The minimum atomic E-state index is -0.248. The molecule has 0 aromatic heterocycles. The van der Waals surface area contributed by atoms with E-state index >= 15 is 0 Å². The van der Waals surface area contributed by atoms with Crippen molar-refractivity contribution in [2.75, 3.05) is 26.7 Å². The number of nitrogens with one attached hydrogen (secondary N) is 1. The molecular formula is C15H22BrN3O2. The van der Waals surface area contributed by atoms with Gasteiger partial charge in [-0.05, 0) is 36.6 Å². The van der Waals surface area contributed by atoms with Crippen LogP contribution < -0.4 is 15.8 Å². The van der Waals surface area contributed by atoms with E-state index in [9.17, 15) is 4.79 Å². The third-order valence-corrected chi connectivity index (χ3v) is 4.57. The van der Waals surface area contributed by atoms with Crippen LogP contribution in [0.4, 0.5) is 0 Å². The third-order valence-electron chi connectivity index (χ3n) is 3.80. The van der Waals surface area contributed by atoms with Gasteiger partial charge in [-0.25, -0.2) is 0 Å². The van der Waals surface area contributed by atoms with Gasteiger partial charge in [0.05, 0.1) is 13.7 Å². The van der Waals surface area contributed by atoms with Crippen LogP contribution >= 0.6 is 15.9 Å². The molecule has 6 heteroatoms. The minimum absolute atomic E-state index is 0.248. The number of amides is 1. The number of hydrogen-bond donors (Lipinski definition) is 2. The number of hydrogen-bond acceptors (Lipinski definition) is 4. The largest absolute Gasteiger partial charge is 0.497 e. The summed E-state index contributed by atoms with van der Waals surface area (Å²) in [6.45, 7) is 3.01. The highest BCUT2D eigenvalue weighted by atomic mass is 79.9. The smallest absolute Gasteiger partial charge is 0.231 e. The lowest BCUT2D eigenvalue weighted by atomic mass is 10.0. The molecule has 1 heterocycles. The molecule has 5 nitrogen and oxygen atoms in total. The van der Waals surface area contributed by atoms with Crippen molar-refractivity contribution in [1.29, 1.82) is 0 Å². The predicted octanol–water partition coefficient (Wildman–Crippen LogP) is 1.50. The normalized spacial score (nSPS) is 16.9. The van der Waals surface area contributed by atoms with Gasteiger partial charge in [0.15, 0.2) is 0 Å². The summed E-state index contributed by atoms with van der Waals surface area (Å²) in [5.41, 5.74) is 6.41. The summed E-state index contributed by atoms with van der Waals surface area (Å²) in [6.07, 6.45) is 2.07. The first-order valence-electron chi connectivity index (χ1n) is 7.15. The van der Waals surface area contributed by atoms with E-state index in [0.717, 1.165) is 42.7 Å².